The van der Waals surface area contributed by atoms with Gasteiger partial charge in [-0.15, -0.1) is 0 Å². The third kappa shape index (κ3) is 9.45. The lowest BCUT2D eigenvalue weighted by molar-refractivity contribution is -0.223. The van der Waals surface area contributed by atoms with Crippen LogP contribution < -0.4 is 4.74 Å². The molecule has 0 unspecified atom stereocenters. The maximum Gasteiger partial charge on any atom is 0.338 e. The fourth-order valence-corrected chi connectivity index (χ4v) is 7.12. The molecular weight excluding hydrogens is 621 g/mol. The Morgan fingerprint density at radius 2 is 1.54 bits per heavy atom. The Hall–Kier alpha value is -3.15. The summed E-state index contributed by atoms with van der Waals surface area (Å²) in [6, 6.07) is 24.6. The minimum Gasteiger partial charge on any atom is -0.497 e. The highest BCUT2D eigenvalue weighted by Crippen LogP contribution is 2.43. The van der Waals surface area contributed by atoms with Crippen molar-refractivity contribution in [2.45, 2.75) is 94.1 Å². The van der Waals surface area contributed by atoms with E-state index in [1.807, 2.05) is 61.5 Å². The highest BCUT2D eigenvalue weighted by atomic mass is 32.2. The van der Waals surface area contributed by atoms with E-state index in [4.69, 9.17) is 28.1 Å². The zero-order valence-electron chi connectivity index (χ0n) is 28.0. The van der Waals surface area contributed by atoms with Crippen molar-refractivity contribution in [1.29, 1.82) is 0 Å². The highest BCUT2D eigenvalue weighted by Gasteiger charge is 2.53. The van der Waals surface area contributed by atoms with E-state index < -0.39 is 50.1 Å². The Kier molecular flexibility index (Phi) is 12.1. The molecule has 1 aliphatic rings. The number of carbonyl (C=O) groups is 2. The molecule has 3 aromatic rings. The van der Waals surface area contributed by atoms with Crippen molar-refractivity contribution in [3.63, 3.8) is 0 Å². The van der Waals surface area contributed by atoms with Crippen molar-refractivity contribution >= 4 is 32.0 Å². The van der Waals surface area contributed by atoms with Crippen LogP contribution in [0.3, 0.4) is 0 Å². The molecule has 1 heterocycles. The van der Waals surface area contributed by atoms with Crippen molar-refractivity contribution in [2.75, 3.05) is 13.7 Å². The van der Waals surface area contributed by atoms with Gasteiger partial charge in [0.2, 0.25) is 0 Å². The molecule has 4 rings (SSSR count). The molecule has 1 aliphatic heterocycles. The highest BCUT2D eigenvalue weighted by molar-refractivity contribution is 7.99. The third-order valence-corrected chi connectivity index (χ3v) is 14.0. The molecule has 0 aliphatic carbocycles. The van der Waals surface area contributed by atoms with E-state index >= 15 is 0 Å². The first-order valence-electron chi connectivity index (χ1n) is 15.5. The van der Waals surface area contributed by atoms with Crippen LogP contribution in [0, 0.1) is 6.92 Å². The lowest BCUT2D eigenvalue weighted by Gasteiger charge is -2.49. The van der Waals surface area contributed by atoms with E-state index in [2.05, 4.69) is 33.9 Å². The summed E-state index contributed by atoms with van der Waals surface area (Å²) >= 11 is 1.44. The first-order chi connectivity index (χ1) is 21.8. The molecule has 8 nitrogen and oxygen atoms in total. The monoisotopic (exact) mass is 666 g/mol. The molecule has 0 N–H and O–H groups in total. The quantitative estimate of drug-likeness (QED) is 0.143. The number of ether oxygens (including phenoxy) is 5. The van der Waals surface area contributed by atoms with Crippen LogP contribution in [0.25, 0.3) is 0 Å². The van der Waals surface area contributed by atoms with E-state index in [1.54, 1.807) is 31.4 Å². The molecule has 0 radical (unpaired) electrons. The molecule has 1 fully saturated rings. The van der Waals surface area contributed by atoms with Gasteiger partial charge in [-0.3, -0.25) is 4.79 Å². The van der Waals surface area contributed by atoms with Crippen LogP contribution in [0.1, 0.15) is 49.2 Å². The molecule has 1 saturated heterocycles. The standard InChI is InChI=1S/C36H46O8SSi/c1-24-14-20-29(21-15-24)45-35-33(43-34(38)27-12-10-9-11-13-27)32(44-46(7,8)36(3,4)5)31(30(42-35)23-40-25(2)37)41-22-26-16-18-28(39-6)19-17-26/h9-21,30-33,35H,22-23H2,1-8H3/t30-,31-,32+,33-,35+/m1/s1. The number of benzene rings is 3. The van der Waals surface area contributed by atoms with Crippen LogP contribution in [0.15, 0.2) is 83.8 Å². The molecule has 0 aromatic heterocycles. The number of hydrogen-bond donors (Lipinski definition) is 0. The molecule has 3 aromatic carbocycles. The fourth-order valence-electron chi connectivity index (χ4n) is 4.72. The molecule has 0 saturated carbocycles. The largest absolute Gasteiger partial charge is 0.497 e. The van der Waals surface area contributed by atoms with E-state index in [-0.39, 0.29) is 18.3 Å². The van der Waals surface area contributed by atoms with Gasteiger partial charge in [0, 0.05) is 11.8 Å². The summed E-state index contributed by atoms with van der Waals surface area (Å²) < 4.78 is 37.6. The van der Waals surface area contributed by atoms with Crippen LogP contribution in [0.4, 0.5) is 0 Å². The molecule has 0 spiro atoms. The van der Waals surface area contributed by atoms with Crippen LogP contribution in [0.2, 0.25) is 18.1 Å². The van der Waals surface area contributed by atoms with Crippen molar-refractivity contribution in [2.24, 2.45) is 0 Å². The normalized spacial score (nSPS) is 21.8. The SMILES string of the molecule is COc1ccc(CO[C@H]2[C@H](O[Si](C)(C)C(C)(C)C)[C@@H](OC(=O)c3ccccc3)[C@H](Sc3ccc(C)cc3)O[C@@H]2COC(C)=O)cc1. The topological polar surface area (TPSA) is 89.5 Å². The number of thioether (sulfide) groups is 1. The second-order valence-electron chi connectivity index (χ2n) is 13.0. The van der Waals surface area contributed by atoms with Gasteiger partial charge in [0.25, 0.3) is 0 Å². The predicted octanol–water partition coefficient (Wildman–Crippen LogP) is 7.59. The second kappa shape index (κ2) is 15.6. The zero-order chi connectivity index (χ0) is 33.5. The average Bonchev–Trinajstić information content (AvgIpc) is 3.02. The number of aryl methyl sites for hydroxylation is 1. The first-order valence-corrected chi connectivity index (χ1v) is 19.3. The number of rotatable bonds is 12. The van der Waals surface area contributed by atoms with Crippen molar-refractivity contribution in [3.8, 4) is 5.75 Å². The van der Waals surface area contributed by atoms with E-state index in [9.17, 15) is 9.59 Å². The summed E-state index contributed by atoms with van der Waals surface area (Å²) in [4.78, 5) is 26.6. The fraction of sp³-hybridized carbons (Fsp3) is 0.444. The van der Waals surface area contributed by atoms with E-state index in [0.717, 1.165) is 21.8 Å². The van der Waals surface area contributed by atoms with E-state index in [0.29, 0.717) is 5.56 Å². The van der Waals surface area contributed by atoms with Gasteiger partial charge in [0.05, 0.1) is 19.3 Å². The summed E-state index contributed by atoms with van der Waals surface area (Å²) in [6.45, 7) is 14.3. The van der Waals surface area contributed by atoms with Crippen LogP contribution in [-0.2, 0) is 34.8 Å². The summed E-state index contributed by atoms with van der Waals surface area (Å²) in [6.07, 6.45) is -3.03. The Balaban J connectivity index is 1.78. The molecular formula is C36H46O8SSi. The zero-order valence-corrected chi connectivity index (χ0v) is 29.8. The Morgan fingerprint density at radius 1 is 0.891 bits per heavy atom. The van der Waals surface area contributed by atoms with Gasteiger partial charge in [-0.1, -0.05) is 80.6 Å². The van der Waals surface area contributed by atoms with E-state index in [1.165, 1.54) is 18.7 Å². The smallest absolute Gasteiger partial charge is 0.338 e. The maximum atomic E-state index is 13.7. The number of carbonyl (C=O) groups excluding carboxylic acids is 2. The lowest BCUT2D eigenvalue weighted by atomic mass is 9.99. The Morgan fingerprint density at radius 3 is 2.13 bits per heavy atom. The summed E-state index contributed by atoms with van der Waals surface area (Å²) in [5, 5.41) is -0.162. The predicted molar refractivity (Wildman–Crippen MR) is 182 cm³/mol. The minimum absolute atomic E-state index is 0.0513. The number of methoxy groups -OCH3 is 1. The second-order valence-corrected chi connectivity index (χ2v) is 18.9. The van der Waals surface area contributed by atoms with Crippen LogP contribution in [0.5, 0.6) is 5.75 Å². The summed E-state index contributed by atoms with van der Waals surface area (Å²) in [7, 11) is -0.871. The Labute approximate surface area is 278 Å². The number of hydrogen-bond acceptors (Lipinski definition) is 9. The molecule has 46 heavy (non-hydrogen) atoms. The van der Waals surface area contributed by atoms with Gasteiger partial charge >= 0.3 is 11.9 Å². The lowest BCUT2D eigenvalue weighted by Crippen LogP contribution is -2.63. The summed E-state index contributed by atoms with van der Waals surface area (Å²) in [5.74, 6) is -0.180. The molecule has 0 bridgehead atoms. The third-order valence-electron chi connectivity index (χ3n) is 8.41. The van der Waals surface area contributed by atoms with Crippen molar-refractivity contribution < 1.29 is 37.7 Å². The maximum absolute atomic E-state index is 13.7. The summed E-state index contributed by atoms with van der Waals surface area (Å²) in [5.41, 5.74) is 1.77. The van der Waals surface area contributed by atoms with Gasteiger partial charge in [-0.25, -0.2) is 4.79 Å². The molecule has 0 amide bonds. The van der Waals surface area contributed by atoms with Crippen molar-refractivity contribution in [3.05, 3.63) is 95.6 Å². The molecule has 5 atom stereocenters. The van der Waals surface area contributed by atoms with Gasteiger partial charge in [0.15, 0.2) is 14.4 Å². The van der Waals surface area contributed by atoms with Crippen molar-refractivity contribution in [1.82, 2.24) is 0 Å². The average molecular weight is 667 g/mol. The van der Waals surface area contributed by atoms with Crippen LogP contribution >= 0.6 is 11.8 Å². The first kappa shape index (κ1) is 35.7. The van der Waals surface area contributed by atoms with Gasteiger partial charge in [-0.2, -0.15) is 0 Å². The Bertz CT molecular complexity index is 1420. The molecule has 248 valence electrons. The number of esters is 2. The van der Waals surface area contributed by atoms with Gasteiger partial charge in [-0.05, 0) is 67.0 Å². The minimum atomic E-state index is -2.49. The van der Waals surface area contributed by atoms with Gasteiger partial charge < -0.3 is 28.1 Å². The molecule has 10 heteroatoms. The van der Waals surface area contributed by atoms with Gasteiger partial charge in [0.1, 0.15) is 36.1 Å². The van der Waals surface area contributed by atoms with Crippen LogP contribution in [-0.4, -0.2) is 63.8 Å².